The van der Waals surface area contributed by atoms with Crippen molar-refractivity contribution < 1.29 is 28.0 Å². The SMILES string of the molecule is Cc1ccc(-c2cc(C(=O)OCC(=O)N3CCN(C(=O)c4ccco4)CC3)c3ccccc3n2)o1. The van der Waals surface area contributed by atoms with Crippen LogP contribution in [0, 0.1) is 6.92 Å². The van der Waals surface area contributed by atoms with Crippen LogP contribution in [-0.4, -0.2) is 65.4 Å². The Balaban J connectivity index is 1.24. The number of nitrogens with zero attached hydrogens (tertiary/aromatic N) is 3. The minimum atomic E-state index is -0.617. The Morgan fingerprint density at radius 2 is 1.74 bits per heavy atom. The first-order valence-electron chi connectivity index (χ1n) is 11.2. The fourth-order valence-electron chi connectivity index (χ4n) is 4.05. The minimum absolute atomic E-state index is 0.208. The molecule has 0 unspecified atom stereocenters. The molecule has 0 saturated carbocycles. The molecule has 1 aromatic carbocycles. The molecule has 0 N–H and O–H groups in total. The fourth-order valence-corrected chi connectivity index (χ4v) is 4.05. The molecule has 5 rings (SSSR count). The van der Waals surface area contributed by atoms with Crippen LogP contribution in [0.3, 0.4) is 0 Å². The number of benzene rings is 1. The standard InChI is InChI=1S/C26H23N3O6/c1-17-8-9-22(35-17)21-15-19(18-5-2-3-6-20(18)27-21)26(32)34-16-24(30)28-10-12-29(13-11-28)25(31)23-7-4-14-33-23/h2-9,14-15H,10-13,16H2,1H3. The van der Waals surface area contributed by atoms with Crippen molar-refractivity contribution in [1.82, 2.24) is 14.8 Å². The van der Waals surface area contributed by atoms with E-state index in [0.717, 1.165) is 5.76 Å². The maximum atomic E-state index is 13.0. The molecule has 0 spiro atoms. The van der Waals surface area contributed by atoms with Gasteiger partial charge in [0.1, 0.15) is 11.5 Å². The number of rotatable bonds is 5. The highest BCUT2D eigenvalue weighted by molar-refractivity contribution is 6.05. The van der Waals surface area contributed by atoms with E-state index >= 15 is 0 Å². The monoisotopic (exact) mass is 473 g/mol. The average Bonchev–Trinajstić information content (AvgIpc) is 3.58. The summed E-state index contributed by atoms with van der Waals surface area (Å²) >= 11 is 0. The van der Waals surface area contributed by atoms with E-state index in [1.54, 1.807) is 46.2 Å². The van der Waals surface area contributed by atoms with Crippen LogP contribution in [0.4, 0.5) is 0 Å². The number of aryl methyl sites for hydroxylation is 1. The molecule has 2 amide bonds. The van der Waals surface area contributed by atoms with Gasteiger partial charge in [-0.05, 0) is 43.3 Å². The van der Waals surface area contributed by atoms with Gasteiger partial charge in [0.25, 0.3) is 11.8 Å². The first kappa shape index (κ1) is 22.4. The second-order valence-electron chi connectivity index (χ2n) is 8.21. The van der Waals surface area contributed by atoms with E-state index in [1.165, 1.54) is 6.26 Å². The van der Waals surface area contributed by atoms with Gasteiger partial charge in [-0.2, -0.15) is 0 Å². The second-order valence-corrected chi connectivity index (χ2v) is 8.21. The number of carbonyl (C=O) groups excluding carboxylic acids is 3. The van der Waals surface area contributed by atoms with E-state index < -0.39 is 12.6 Å². The zero-order valence-corrected chi connectivity index (χ0v) is 19.1. The van der Waals surface area contributed by atoms with Crippen molar-refractivity contribution in [2.24, 2.45) is 0 Å². The molecule has 3 aromatic heterocycles. The number of hydrogen-bond acceptors (Lipinski definition) is 7. The molecule has 0 bridgehead atoms. The number of para-hydroxylation sites is 1. The van der Waals surface area contributed by atoms with Gasteiger partial charge in [-0.1, -0.05) is 18.2 Å². The maximum Gasteiger partial charge on any atom is 0.339 e. The molecule has 4 heterocycles. The first-order chi connectivity index (χ1) is 17.0. The number of fused-ring (bicyclic) bond motifs is 1. The van der Waals surface area contributed by atoms with Crippen LogP contribution >= 0.6 is 0 Å². The summed E-state index contributed by atoms with van der Waals surface area (Å²) in [6, 6.07) is 15.7. The van der Waals surface area contributed by atoms with Crippen LogP contribution in [0.25, 0.3) is 22.4 Å². The Hall–Kier alpha value is -4.40. The van der Waals surface area contributed by atoms with Crippen molar-refractivity contribution in [3.8, 4) is 11.5 Å². The Kier molecular flexibility index (Phi) is 6.05. The quantitative estimate of drug-likeness (QED) is 0.408. The summed E-state index contributed by atoms with van der Waals surface area (Å²) in [6.45, 7) is 2.89. The molecule has 35 heavy (non-hydrogen) atoms. The lowest BCUT2D eigenvalue weighted by molar-refractivity contribution is -0.136. The zero-order chi connectivity index (χ0) is 24.4. The number of hydrogen-bond donors (Lipinski definition) is 0. The van der Waals surface area contributed by atoms with Gasteiger partial charge >= 0.3 is 5.97 Å². The van der Waals surface area contributed by atoms with Crippen molar-refractivity contribution in [2.75, 3.05) is 32.8 Å². The number of amides is 2. The lowest BCUT2D eigenvalue weighted by atomic mass is 10.1. The van der Waals surface area contributed by atoms with Gasteiger partial charge < -0.3 is 23.4 Å². The largest absolute Gasteiger partial charge is 0.460 e. The highest BCUT2D eigenvalue weighted by atomic mass is 16.5. The van der Waals surface area contributed by atoms with Crippen molar-refractivity contribution in [2.45, 2.75) is 6.92 Å². The predicted molar refractivity (Wildman–Crippen MR) is 126 cm³/mol. The van der Waals surface area contributed by atoms with Crippen LogP contribution in [0.1, 0.15) is 26.7 Å². The lowest BCUT2D eigenvalue weighted by Crippen LogP contribution is -2.51. The van der Waals surface area contributed by atoms with Crippen LogP contribution in [0.2, 0.25) is 0 Å². The van der Waals surface area contributed by atoms with Gasteiger partial charge in [-0.15, -0.1) is 0 Å². The molecule has 4 aromatic rings. The number of piperazine rings is 1. The van der Waals surface area contributed by atoms with Gasteiger partial charge in [0, 0.05) is 31.6 Å². The number of furan rings is 2. The molecule has 0 atom stereocenters. The number of ether oxygens (including phenoxy) is 1. The smallest absolute Gasteiger partial charge is 0.339 e. The third-order valence-corrected chi connectivity index (χ3v) is 5.91. The van der Waals surface area contributed by atoms with Gasteiger partial charge in [-0.3, -0.25) is 9.59 Å². The van der Waals surface area contributed by atoms with Crippen LogP contribution in [0.15, 0.2) is 69.7 Å². The summed E-state index contributed by atoms with van der Waals surface area (Å²) in [7, 11) is 0. The summed E-state index contributed by atoms with van der Waals surface area (Å²) < 4.78 is 16.2. The molecule has 0 radical (unpaired) electrons. The van der Waals surface area contributed by atoms with Crippen LogP contribution < -0.4 is 0 Å². The van der Waals surface area contributed by atoms with E-state index in [2.05, 4.69) is 4.98 Å². The highest BCUT2D eigenvalue weighted by Crippen LogP contribution is 2.26. The van der Waals surface area contributed by atoms with Crippen LogP contribution in [0.5, 0.6) is 0 Å². The van der Waals surface area contributed by atoms with Gasteiger partial charge in [-0.25, -0.2) is 9.78 Å². The van der Waals surface area contributed by atoms with E-state index in [9.17, 15) is 14.4 Å². The van der Waals surface area contributed by atoms with Crippen molar-refractivity contribution in [1.29, 1.82) is 0 Å². The first-order valence-corrected chi connectivity index (χ1v) is 11.2. The van der Waals surface area contributed by atoms with Gasteiger partial charge in [0.05, 0.1) is 17.3 Å². The molecule has 1 aliphatic rings. The normalized spacial score (nSPS) is 13.7. The number of esters is 1. The number of carbonyl (C=O) groups is 3. The summed E-state index contributed by atoms with van der Waals surface area (Å²) in [5.74, 6) is 0.404. The van der Waals surface area contributed by atoms with Crippen molar-refractivity contribution >= 4 is 28.7 Å². The molecular formula is C26H23N3O6. The Morgan fingerprint density at radius 1 is 0.971 bits per heavy atom. The predicted octanol–water partition coefficient (Wildman–Crippen LogP) is 3.54. The molecule has 9 heteroatoms. The third-order valence-electron chi connectivity index (χ3n) is 5.91. The van der Waals surface area contributed by atoms with Crippen molar-refractivity contribution in [3.05, 3.63) is 77.9 Å². The Bertz CT molecular complexity index is 1380. The molecule has 1 fully saturated rings. The number of aromatic nitrogens is 1. The average molecular weight is 473 g/mol. The van der Waals surface area contributed by atoms with Crippen LogP contribution in [-0.2, 0) is 9.53 Å². The van der Waals surface area contributed by atoms with E-state index in [0.29, 0.717) is 54.1 Å². The second kappa shape index (κ2) is 9.46. The summed E-state index contributed by atoms with van der Waals surface area (Å²) in [6.07, 6.45) is 1.45. The minimum Gasteiger partial charge on any atom is -0.460 e. The molecule has 9 nitrogen and oxygen atoms in total. The zero-order valence-electron chi connectivity index (χ0n) is 19.1. The molecule has 0 aliphatic carbocycles. The van der Waals surface area contributed by atoms with Crippen molar-refractivity contribution in [3.63, 3.8) is 0 Å². The van der Waals surface area contributed by atoms with E-state index in [1.807, 2.05) is 25.1 Å². The molecule has 1 aliphatic heterocycles. The lowest BCUT2D eigenvalue weighted by Gasteiger charge is -2.34. The molecule has 1 saturated heterocycles. The summed E-state index contributed by atoms with van der Waals surface area (Å²) in [5.41, 5.74) is 1.43. The Morgan fingerprint density at radius 3 is 2.46 bits per heavy atom. The maximum absolute atomic E-state index is 13.0. The Labute approximate surface area is 200 Å². The van der Waals surface area contributed by atoms with E-state index in [4.69, 9.17) is 13.6 Å². The summed E-state index contributed by atoms with van der Waals surface area (Å²) in [4.78, 5) is 45.9. The summed E-state index contributed by atoms with van der Waals surface area (Å²) in [5, 5.41) is 0.627. The highest BCUT2D eigenvalue weighted by Gasteiger charge is 2.27. The van der Waals surface area contributed by atoms with Gasteiger partial charge in [0.15, 0.2) is 18.1 Å². The number of pyridine rings is 1. The van der Waals surface area contributed by atoms with Gasteiger partial charge in [0.2, 0.25) is 0 Å². The third kappa shape index (κ3) is 4.65. The molecule has 178 valence electrons. The van der Waals surface area contributed by atoms with E-state index in [-0.39, 0.29) is 17.6 Å². The molecular weight excluding hydrogens is 450 g/mol. The topological polar surface area (TPSA) is 106 Å². The fraction of sp³-hybridized carbons (Fsp3) is 0.231.